The molecule has 0 atom stereocenters. The molecule has 0 aliphatic rings. The Kier molecular flexibility index (Phi) is 5.31. The summed E-state index contributed by atoms with van der Waals surface area (Å²) in [5.41, 5.74) is 0.123. The molecule has 0 spiro atoms. The second-order valence-corrected chi connectivity index (χ2v) is 5.16. The van der Waals surface area contributed by atoms with Crippen molar-refractivity contribution in [1.29, 1.82) is 0 Å². The van der Waals surface area contributed by atoms with Crippen LogP contribution >= 0.6 is 0 Å². The van der Waals surface area contributed by atoms with Crippen LogP contribution in [0.3, 0.4) is 0 Å². The minimum absolute atomic E-state index is 0.0232. The molecule has 1 amide bonds. The van der Waals surface area contributed by atoms with Crippen LogP contribution in [0.2, 0.25) is 0 Å². The van der Waals surface area contributed by atoms with Crippen LogP contribution in [0.5, 0.6) is 0 Å². The summed E-state index contributed by atoms with van der Waals surface area (Å²) in [5.74, 6) is 0. The van der Waals surface area contributed by atoms with Gasteiger partial charge in [-0.25, -0.2) is 4.79 Å². The zero-order valence-electron chi connectivity index (χ0n) is 11.8. The van der Waals surface area contributed by atoms with Crippen LogP contribution in [0.4, 0.5) is 16.2 Å². The molecule has 2 N–H and O–H groups in total. The first-order valence-corrected chi connectivity index (χ1v) is 6.23. The number of carbonyl (C=O) groups excluding carboxylic acids is 1. The van der Waals surface area contributed by atoms with Crippen molar-refractivity contribution in [2.24, 2.45) is 0 Å². The van der Waals surface area contributed by atoms with Gasteiger partial charge in [-0.1, -0.05) is 6.07 Å². The predicted molar refractivity (Wildman–Crippen MR) is 75.8 cm³/mol. The number of anilines is 1. The lowest BCUT2D eigenvalue weighted by atomic mass is 10.2. The lowest BCUT2D eigenvalue weighted by molar-refractivity contribution is -0.384. The average molecular weight is 281 g/mol. The third-order valence-corrected chi connectivity index (χ3v) is 2.18. The van der Waals surface area contributed by atoms with E-state index in [0.29, 0.717) is 18.8 Å². The average Bonchev–Trinajstić information content (AvgIpc) is 2.33. The van der Waals surface area contributed by atoms with Gasteiger partial charge in [-0.15, -0.1) is 0 Å². The molecule has 7 heteroatoms. The molecule has 0 bridgehead atoms. The van der Waals surface area contributed by atoms with Crippen LogP contribution in [0, 0.1) is 10.1 Å². The maximum atomic E-state index is 11.4. The monoisotopic (exact) mass is 281 g/mol. The summed E-state index contributed by atoms with van der Waals surface area (Å²) in [7, 11) is 0. The zero-order valence-corrected chi connectivity index (χ0v) is 11.8. The Balaban J connectivity index is 2.33. The minimum Gasteiger partial charge on any atom is -0.444 e. The first-order chi connectivity index (χ1) is 9.28. The van der Waals surface area contributed by atoms with E-state index in [1.807, 2.05) is 0 Å². The van der Waals surface area contributed by atoms with Gasteiger partial charge in [-0.2, -0.15) is 0 Å². The van der Waals surface area contributed by atoms with Crippen molar-refractivity contribution < 1.29 is 14.5 Å². The van der Waals surface area contributed by atoms with Gasteiger partial charge in [0.1, 0.15) is 5.60 Å². The van der Waals surface area contributed by atoms with Crippen molar-refractivity contribution in [3.05, 3.63) is 34.4 Å². The molecule has 1 rings (SSSR count). The number of nitrogens with zero attached hydrogens (tertiary/aromatic N) is 1. The third kappa shape index (κ3) is 6.03. The molecule has 7 nitrogen and oxygen atoms in total. The number of rotatable bonds is 5. The number of benzene rings is 1. The topological polar surface area (TPSA) is 93.5 Å². The number of nitro groups is 1. The van der Waals surface area contributed by atoms with Gasteiger partial charge in [0.25, 0.3) is 5.69 Å². The van der Waals surface area contributed by atoms with Crippen molar-refractivity contribution >= 4 is 17.5 Å². The van der Waals surface area contributed by atoms with Crippen molar-refractivity contribution in [3.8, 4) is 0 Å². The number of alkyl carbamates (subject to hydrolysis) is 1. The van der Waals surface area contributed by atoms with Gasteiger partial charge >= 0.3 is 6.09 Å². The molecule has 0 unspecified atom stereocenters. The van der Waals surface area contributed by atoms with Gasteiger partial charge in [-0.3, -0.25) is 10.1 Å². The van der Waals surface area contributed by atoms with Crippen molar-refractivity contribution in [3.63, 3.8) is 0 Å². The molecule has 0 heterocycles. The summed E-state index contributed by atoms with van der Waals surface area (Å²) < 4.78 is 5.07. The second-order valence-electron chi connectivity index (χ2n) is 5.16. The van der Waals surface area contributed by atoms with Gasteiger partial charge in [0.2, 0.25) is 0 Å². The molecule has 20 heavy (non-hydrogen) atoms. The first kappa shape index (κ1) is 15.7. The normalized spacial score (nSPS) is 10.8. The van der Waals surface area contributed by atoms with E-state index >= 15 is 0 Å². The standard InChI is InChI=1S/C13H19N3O4/c1-13(2,3)20-12(17)15-8-7-14-10-5-4-6-11(9-10)16(18)19/h4-6,9,14H,7-8H2,1-3H3,(H,15,17). The number of ether oxygens (including phenoxy) is 1. The fourth-order valence-corrected chi connectivity index (χ4v) is 1.42. The second kappa shape index (κ2) is 6.74. The van der Waals surface area contributed by atoms with E-state index in [9.17, 15) is 14.9 Å². The molecule has 0 fully saturated rings. The molecule has 0 radical (unpaired) electrons. The van der Waals surface area contributed by atoms with E-state index in [1.54, 1.807) is 32.9 Å². The Morgan fingerprint density at radius 3 is 2.65 bits per heavy atom. The number of nitrogens with one attached hydrogen (secondary N) is 2. The van der Waals surface area contributed by atoms with Crippen LogP contribution in [-0.2, 0) is 4.74 Å². The van der Waals surface area contributed by atoms with E-state index in [-0.39, 0.29) is 5.69 Å². The molecule has 1 aromatic rings. The van der Waals surface area contributed by atoms with Gasteiger partial charge in [-0.05, 0) is 26.8 Å². The summed E-state index contributed by atoms with van der Waals surface area (Å²) in [6.07, 6.45) is -0.488. The van der Waals surface area contributed by atoms with E-state index in [2.05, 4.69) is 10.6 Å². The van der Waals surface area contributed by atoms with E-state index in [4.69, 9.17) is 4.74 Å². The Labute approximate surface area is 117 Å². The summed E-state index contributed by atoms with van der Waals surface area (Å²) >= 11 is 0. The Morgan fingerprint density at radius 2 is 2.05 bits per heavy atom. The molecular formula is C13H19N3O4. The Bertz CT molecular complexity index is 483. The number of hydrogen-bond acceptors (Lipinski definition) is 5. The minimum atomic E-state index is -0.530. The zero-order chi connectivity index (χ0) is 15.2. The van der Waals surface area contributed by atoms with E-state index in [0.717, 1.165) is 0 Å². The van der Waals surface area contributed by atoms with Gasteiger partial charge in [0.05, 0.1) is 4.92 Å². The smallest absolute Gasteiger partial charge is 0.407 e. The molecule has 0 saturated carbocycles. The Morgan fingerprint density at radius 1 is 1.35 bits per heavy atom. The third-order valence-electron chi connectivity index (χ3n) is 2.18. The quantitative estimate of drug-likeness (QED) is 0.491. The molecule has 0 aliphatic carbocycles. The van der Waals surface area contributed by atoms with E-state index in [1.165, 1.54) is 12.1 Å². The molecule has 0 aliphatic heterocycles. The summed E-state index contributed by atoms with van der Waals surface area (Å²) in [5, 5.41) is 16.2. The van der Waals surface area contributed by atoms with E-state index < -0.39 is 16.6 Å². The van der Waals surface area contributed by atoms with Crippen LogP contribution in [0.15, 0.2) is 24.3 Å². The molecular weight excluding hydrogens is 262 g/mol. The highest BCUT2D eigenvalue weighted by molar-refractivity contribution is 5.67. The number of nitro benzene ring substituents is 1. The largest absolute Gasteiger partial charge is 0.444 e. The van der Waals surface area contributed by atoms with Crippen LogP contribution in [-0.4, -0.2) is 29.7 Å². The fraction of sp³-hybridized carbons (Fsp3) is 0.462. The fourth-order valence-electron chi connectivity index (χ4n) is 1.42. The number of amides is 1. The SMILES string of the molecule is CC(C)(C)OC(=O)NCCNc1cccc([N+](=O)[O-])c1. The molecule has 1 aromatic carbocycles. The number of carbonyl (C=O) groups is 1. The van der Waals surface area contributed by atoms with Crippen molar-refractivity contribution in [2.45, 2.75) is 26.4 Å². The molecule has 110 valence electrons. The highest BCUT2D eigenvalue weighted by Crippen LogP contribution is 2.16. The van der Waals surface area contributed by atoms with Gasteiger partial charge in [0.15, 0.2) is 0 Å². The summed E-state index contributed by atoms with van der Waals surface area (Å²) in [6.45, 7) is 6.16. The lowest BCUT2D eigenvalue weighted by Gasteiger charge is -2.19. The molecule has 0 saturated heterocycles. The van der Waals surface area contributed by atoms with Gasteiger partial charge < -0.3 is 15.4 Å². The van der Waals surface area contributed by atoms with Crippen molar-refractivity contribution in [2.75, 3.05) is 18.4 Å². The maximum absolute atomic E-state index is 11.4. The molecule has 0 aromatic heterocycles. The highest BCUT2D eigenvalue weighted by atomic mass is 16.6. The first-order valence-electron chi connectivity index (χ1n) is 6.23. The van der Waals surface area contributed by atoms with Gasteiger partial charge in [0, 0.05) is 30.9 Å². The Hall–Kier alpha value is -2.31. The summed E-state index contributed by atoms with van der Waals surface area (Å²) in [4.78, 5) is 21.5. The number of hydrogen-bond donors (Lipinski definition) is 2. The lowest BCUT2D eigenvalue weighted by Crippen LogP contribution is -2.34. The van der Waals surface area contributed by atoms with Crippen molar-refractivity contribution in [1.82, 2.24) is 5.32 Å². The van der Waals surface area contributed by atoms with Crippen LogP contribution in [0.25, 0.3) is 0 Å². The predicted octanol–water partition coefficient (Wildman–Crippen LogP) is 2.53. The maximum Gasteiger partial charge on any atom is 0.407 e. The van der Waals surface area contributed by atoms with Crippen LogP contribution in [0.1, 0.15) is 20.8 Å². The summed E-state index contributed by atoms with van der Waals surface area (Å²) in [6, 6.07) is 6.18. The highest BCUT2D eigenvalue weighted by Gasteiger charge is 2.15. The van der Waals surface area contributed by atoms with Crippen LogP contribution < -0.4 is 10.6 Å². The number of non-ortho nitro benzene ring substituents is 1.